The standard InChI is InChI=1S/C13H14F3N3O/c1-8(2)19-6-11(13(14,15)16)18-12(19)10-4-3-9(7-20)5-17-10/h3-6,8,20H,7H2,1-2H3. The van der Waals surface area contributed by atoms with Crippen molar-refractivity contribution in [3.8, 4) is 11.5 Å². The van der Waals surface area contributed by atoms with E-state index < -0.39 is 11.9 Å². The largest absolute Gasteiger partial charge is 0.434 e. The highest BCUT2D eigenvalue weighted by Crippen LogP contribution is 2.31. The van der Waals surface area contributed by atoms with Gasteiger partial charge < -0.3 is 9.67 Å². The Kier molecular flexibility index (Phi) is 3.80. The van der Waals surface area contributed by atoms with Crippen LogP contribution in [-0.4, -0.2) is 19.6 Å². The van der Waals surface area contributed by atoms with Crippen LogP contribution in [0.3, 0.4) is 0 Å². The average Bonchev–Trinajstić information content (AvgIpc) is 2.84. The van der Waals surface area contributed by atoms with Gasteiger partial charge in [0.2, 0.25) is 0 Å². The molecule has 108 valence electrons. The molecule has 0 spiro atoms. The molecule has 0 aliphatic heterocycles. The lowest BCUT2D eigenvalue weighted by Crippen LogP contribution is -2.05. The second kappa shape index (κ2) is 5.24. The van der Waals surface area contributed by atoms with Crippen LogP contribution < -0.4 is 0 Å². The van der Waals surface area contributed by atoms with Crippen molar-refractivity contribution in [1.82, 2.24) is 14.5 Å². The number of imidazole rings is 1. The van der Waals surface area contributed by atoms with E-state index in [1.165, 1.54) is 10.8 Å². The number of rotatable bonds is 3. The summed E-state index contributed by atoms with van der Waals surface area (Å²) in [7, 11) is 0. The zero-order valence-electron chi connectivity index (χ0n) is 11.0. The number of hydrogen-bond acceptors (Lipinski definition) is 3. The molecule has 2 heterocycles. The summed E-state index contributed by atoms with van der Waals surface area (Å²) in [6, 6.07) is 2.98. The smallest absolute Gasteiger partial charge is 0.392 e. The van der Waals surface area contributed by atoms with Gasteiger partial charge in [0.25, 0.3) is 0 Å². The summed E-state index contributed by atoms with van der Waals surface area (Å²) in [5.74, 6) is 0.164. The predicted molar refractivity (Wildman–Crippen MR) is 66.8 cm³/mol. The number of aliphatic hydroxyl groups is 1. The summed E-state index contributed by atoms with van der Waals surface area (Å²) >= 11 is 0. The van der Waals surface area contributed by atoms with E-state index in [1.54, 1.807) is 26.0 Å². The molecule has 1 N–H and O–H groups in total. The van der Waals surface area contributed by atoms with Crippen LogP contribution in [0.15, 0.2) is 24.5 Å². The number of hydrogen-bond donors (Lipinski definition) is 1. The lowest BCUT2D eigenvalue weighted by molar-refractivity contribution is -0.140. The highest BCUT2D eigenvalue weighted by atomic mass is 19.4. The Morgan fingerprint density at radius 1 is 1.30 bits per heavy atom. The normalized spacial score (nSPS) is 12.2. The third-order valence-electron chi connectivity index (χ3n) is 2.82. The summed E-state index contributed by atoms with van der Waals surface area (Å²) in [5.41, 5.74) is -0.00640. The Morgan fingerprint density at radius 2 is 2.00 bits per heavy atom. The minimum absolute atomic E-state index is 0.164. The van der Waals surface area contributed by atoms with Gasteiger partial charge in [0.1, 0.15) is 5.69 Å². The first-order valence-electron chi connectivity index (χ1n) is 6.05. The fraction of sp³-hybridized carbons (Fsp3) is 0.385. The van der Waals surface area contributed by atoms with E-state index in [2.05, 4.69) is 9.97 Å². The van der Waals surface area contributed by atoms with Gasteiger partial charge >= 0.3 is 6.18 Å². The number of pyridine rings is 1. The Balaban J connectivity index is 2.50. The van der Waals surface area contributed by atoms with Crippen LogP contribution in [0.1, 0.15) is 31.1 Å². The number of alkyl halides is 3. The summed E-state index contributed by atoms with van der Waals surface area (Å²) in [6.45, 7) is 3.38. The van der Waals surface area contributed by atoms with E-state index in [9.17, 15) is 13.2 Å². The maximum atomic E-state index is 12.7. The Labute approximate surface area is 113 Å². The molecule has 0 atom stereocenters. The third kappa shape index (κ3) is 2.82. The number of nitrogens with zero attached hydrogens (tertiary/aromatic N) is 3. The van der Waals surface area contributed by atoms with Crippen LogP contribution >= 0.6 is 0 Å². The quantitative estimate of drug-likeness (QED) is 0.943. The minimum atomic E-state index is -4.49. The molecule has 2 rings (SSSR count). The average molecular weight is 285 g/mol. The molecule has 0 radical (unpaired) electrons. The molecule has 2 aromatic heterocycles. The zero-order valence-corrected chi connectivity index (χ0v) is 11.0. The van der Waals surface area contributed by atoms with E-state index in [0.29, 0.717) is 11.3 Å². The van der Waals surface area contributed by atoms with E-state index in [-0.39, 0.29) is 18.5 Å². The molecule has 0 aliphatic rings. The molecule has 0 aromatic carbocycles. The van der Waals surface area contributed by atoms with Gasteiger partial charge in [-0.15, -0.1) is 0 Å². The van der Waals surface area contributed by atoms with Crippen LogP contribution in [0.25, 0.3) is 11.5 Å². The maximum absolute atomic E-state index is 12.7. The summed E-state index contributed by atoms with van der Waals surface area (Å²) in [6.07, 6.45) is -2.08. The molecular formula is C13H14F3N3O. The predicted octanol–water partition coefficient (Wildman–Crippen LogP) is 3.04. The van der Waals surface area contributed by atoms with Crippen LogP contribution in [0.5, 0.6) is 0 Å². The SMILES string of the molecule is CC(C)n1cc(C(F)(F)F)nc1-c1ccc(CO)cn1. The summed E-state index contributed by atoms with van der Waals surface area (Å²) in [4.78, 5) is 7.69. The highest BCUT2D eigenvalue weighted by molar-refractivity contribution is 5.51. The first kappa shape index (κ1) is 14.5. The number of aromatic nitrogens is 3. The third-order valence-corrected chi connectivity index (χ3v) is 2.82. The molecule has 0 saturated heterocycles. The van der Waals surface area contributed by atoms with Gasteiger partial charge in [-0.05, 0) is 25.5 Å². The van der Waals surface area contributed by atoms with Crippen LogP contribution in [-0.2, 0) is 12.8 Å². The van der Waals surface area contributed by atoms with Crippen molar-refractivity contribution in [2.24, 2.45) is 0 Å². The van der Waals surface area contributed by atoms with Crippen LogP contribution in [0.4, 0.5) is 13.2 Å². The van der Waals surface area contributed by atoms with E-state index in [0.717, 1.165) is 6.20 Å². The first-order chi connectivity index (χ1) is 9.32. The summed E-state index contributed by atoms with van der Waals surface area (Å²) in [5, 5.41) is 8.94. The van der Waals surface area contributed by atoms with Gasteiger partial charge in [0, 0.05) is 18.4 Å². The van der Waals surface area contributed by atoms with Crippen molar-refractivity contribution in [1.29, 1.82) is 0 Å². The Hall–Kier alpha value is -1.89. The van der Waals surface area contributed by atoms with Gasteiger partial charge in [0.15, 0.2) is 11.5 Å². The molecule has 0 aliphatic carbocycles. The van der Waals surface area contributed by atoms with E-state index in [4.69, 9.17) is 5.11 Å². The molecule has 2 aromatic rings. The van der Waals surface area contributed by atoms with Crippen molar-refractivity contribution < 1.29 is 18.3 Å². The minimum Gasteiger partial charge on any atom is -0.392 e. The molecule has 0 bridgehead atoms. The fourth-order valence-corrected chi connectivity index (χ4v) is 1.76. The van der Waals surface area contributed by atoms with Crippen LogP contribution in [0.2, 0.25) is 0 Å². The molecule has 0 fully saturated rings. The van der Waals surface area contributed by atoms with Crippen LogP contribution in [0, 0.1) is 0 Å². The lowest BCUT2D eigenvalue weighted by Gasteiger charge is -2.10. The second-order valence-electron chi connectivity index (χ2n) is 4.66. The van der Waals surface area contributed by atoms with E-state index >= 15 is 0 Å². The summed E-state index contributed by atoms with van der Waals surface area (Å²) < 4.78 is 39.7. The van der Waals surface area contributed by atoms with Gasteiger partial charge in [-0.25, -0.2) is 4.98 Å². The van der Waals surface area contributed by atoms with Gasteiger partial charge in [-0.3, -0.25) is 4.98 Å². The van der Waals surface area contributed by atoms with Crippen molar-refractivity contribution in [2.45, 2.75) is 32.7 Å². The topological polar surface area (TPSA) is 50.9 Å². The van der Waals surface area contributed by atoms with Crippen molar-refractivity contribution in [3.63, 3.8) is 0 Å². The molecule has 20 heavy (non-hydrogen) atoms. The van der Waals surface area contributed by atoms with Gasteiger partial charge in [0.05, 0.1) is 6.61 Å². The Bertz CT molecular complexity index is 588. The van der Waals surface area contributed by atoms with Gasteiger partial charge in [-0.2, -0.15) is 13.2 Å². The number of halogens is 3. The van der Waals surface area contributed by atoms with Gasteiger partial charge in [-0.1, -0.05) is 6.07 Å². The lowest BCUT2D eigenvalue weighted by atomic mass is 10.2. The molecule has 0 unspecified atom stereocenters. The highest BCUT2D eigenvalue weighted by Gasteiger charge is 2.35. The molecular weight excluding hydrogens is 271 g/mol. The number of aliphatic hydroxyl groups excluding tert-OH is 1. The molecule has 0 amide bonds. The monoisotopic (exact) mass is 285 g/mol. The Morgan fingerprint density at radius 3 is 2.45 bits per heavy atom. The van der Waals surface area contributed by atoms with Crippen molar-refractivity contribution in [3.05, 3.63) is 35.8 Å². The van der Waals surface area contributed by atoms with Crippen molar-refractivity contribution >= 4 is 0 Å². The molecule has 4 nitrogen and oxygen atoms in total. The van der Waals surface area contributed by atoms with E-state index in [1.807, 2.05) is 0 Å². The zero-order chi connectivity index (χ0) is 14.9. The first-order valence-corrected chi connectivity index (χ1v) is 6.05. The fourth-order valence-electron chi connectivity index (χ4n) is 1.76. The van der Waals surface area contributed by atoms with Crippen molar-refractivity contribution in [2.75, 3.05) is 0 Å². The second-order valence-corrected chi connectivity index (χ2v) is 4.66. The maximum Gasteiger partial charge on any atom is 0.434 e. The molecule has 0 saturated carbocycles. The molecule has 7 heteroatoms.